The van der Waals surface area contributed by atoms with E-state index in [9.17, 15) is 9.90 Å². The van der Waals surface area contributed by atoms with Gasteiger partial charge in [0.1, 0.15) is 5.75 Å². The highest BCUT2D eigenvalue weighted by atomic mass is 35.5. The molecule has 0 saturated carbocycles. The Morgan fingerprint density at radius 2 is 1.85 bits per heavy atom. The molecular formula is C18H14Cl2N4O3. The van der Waals surface area contributed by atoms with Crippen molar-refractivity contribution < 1.29 is 9.84 Å². The zero-order valence-electron chi connectivity index (χ0n) is 14.0. The van der Waals surface area contributed by atoms with Crippen LogP contribution in [0.25, 0.3) is 11.3 Å². The number of rotatable bonds is 5. The van der Waals surface area contributed by atoms with Crippen molar-refractivity contribution >= 4 is 35.4 Å². The number of hydrogen-bond acceptors (Lipinski definition) is 6. The first-order valence-corrected chi connectivity index (χ1v) is 8.45. The normalized spacial score (nSPS) is 10.9. The van der Waals surface area contributed by atoms with Crippen LogP contribution in [0.15, 0.2) is 52.4 Å². The highest BCUT2D eigenvalue weighted by Gasteiger charge is 2.06. The number of aromatic hydroxyl groups is 1. The standard InChI is InChI=1S/C18H14Cl2N4O3/c1-27-12-4-2-11(3-5-12)15-8-16(25)23-18(22-15)24-21-9-10-6-13(19)17(26)14(20)7-10/h2-9,26H,1H3,(H2,22,23,24,25)/b21-9-. The fourth-order valence-electron chi connectivity index (χ4n) is 2.25. The lowest BCUT2D eigenvalue weighted by Gasteiger charge is -2.05. The van der Waals surface area contributed by atoms with Gasteiger partial charge in [0.05, 0.1) is 29.1 Å². The lowest BCUT2D eigenvalue weighted by molar-refractivity contribution is 0.415. The van der Waals surface area contributed by atoms with E-state index in [2.05, 4.69) is 20.5 Å². The summed E-state index contributed by atoms with van der Waals surface area (Å²) in [5.41, 5.74) is 4.12. The second kappa shape index (κ2) is 8.11. The van der Waals surface area contributed by atoms with Gasteiger partial charge in [0.25, 0.3) is 5.56 Å². The molecule has 1 aromatic heterocycles. The van der Waals surface area contributed by atoms with Gasteiger partial charge in [-0.25, -0.2) is 10.4 Å². The van der Waals surface area contributed by atoms with Crippen LogP contribution in [0.5, 0.6) is 11.5 Å². The quantitative estimate of drug-likeness (QED) is 0.442. The van der Waals surface area contributed by atoms with Gasteiger partial charge in [0, 0.05) is 11.6 Å². The van der Waals surface area contributed by atoms with Gasteiger partial charge in [-0.15, -0.1) is 0 Å². The molecule has 0 amide bonds. The Balaban J connectivity index is 1.81. The van der Waals surface area contributed by atoms with Crippen LogP contribution in [0.2, 0.25) is 10.0 Å². The third kappa shape index (κ3) is 4.58. The van der Waals surface area contributed by atoms with Crippen molar-refractivity contribution in [1.29, 1.82) is 0 Å². The Bertz CT molecular complexity index is 1030. The van der Waals surface area contributed by atoms with Gasteiger partial charge in [-0.1, -0.05) is 23.2 Å². The highest BCUT2D eigenvalue weighted by molar-refractivity contribution is 6.37. The first-order valence-electron chi connectivity index (χ1n) is 7.69. The van der Waals surface area contributed by atoms with E-state index in [4.69, 9.17) is 27.9 Å². The summed E-state index contributed by atoms with van der Waals surface area (Å²) in [5, 5.41) is 13.8. The summed E-state index contributed by atoms with van der Waals surface area (Å²) >= 11 is 11.7. The van der Waals surface area contributed by atoms with Gasteiger partial charge < -0.3 is 9.84 Å². The molecule has 0 saturated heterocycles. The summed E-state index contributed by atoms with van der Waals surface area (Å²) < 4.78 is 5.12. The summed E-state index contributed by atoms with van der Waals surface area (Å²) in [4.78, 5) is 18.8. The predicted molar refractivity (Wildman–Crippen MR) is 106 cm³/mol. The molecule has 3 N–H and O–H groups in total. The van der Waals surface area contributed by atoms with Crippen LogP contribution < -0.4 is 15.7 Å². The van der Waals surface area contributed by atoms with Gasteiger partial charge in [-0.3, -0.25) is 9.78 Å². The van der Waals surface area contributed by atoms with Crippen molar-refractivity contribution in [3.63, 3.8) is 0 Å². The minimum Gasteiger partial charge on any atom is -0.505 e. The number of phenolic OH excluding ortho intramolecular Hbond substituents is 1. The minimum atomic E-state index is -0.329. The Labute approximate surface area is 164 Å². The Morgan fingerprint density at radius 3 is 2.48 bits per heavy atom. The number of anilines is 1. The largest absolute Gasteiger partial charge is 0.505 e. The first-order chi connectivity index (χ1) is 13.0. The number of methoxy groups -OCH3 is 1. The Kier molecular flexibility index (Phi) is 5.63. The van der Waals surface area contributed by atoms with Crippen molar-refractivity contribution in [1.82, 2.24) is 9.97 Å². The van der Waals surface area contributed by atoms with E-state index in [1.165, 1.54) is 24.4 Å². The molecule has 3 rings (SSSR count). The van der Waals surface area contributed by atoms with E-state index in [0.29, 0.717) is 17.0 Å². The predicted octanol–water partition coefficient (Wildman–Crippen LogP) is 3.90. The number of hydrogen-bond donors (Lipinski definition) is 3. The molecule has 0 unspecified atom stereocenters. The second-order valence-electron chi connectivity index (χ2n) is 5.41. The van der Waals surface area contributed by atoms with Crippen LogP contribution in [0.3, 0.4) is 0 Å². The number of nitrogens with zero attached hydrogens (tertiary/aromatic N) is 2. The van der Waals surface area contributed by atoms with E-state index >= 15 is 0 Å². The van der Waals surface area contributed by atoms with Gasteiger partial charge >= 0.3 is 0 Å². The molecular weight excluding hydrogens is 391 g/mol. The zero-order valence-corrected chi connectivity index (χ0v) is 15.5. The monoisotopic (exact) mass is 404 g/mol. The fraction of sp³-hybridized carbons (Fsp3) is 0.0556. The molecule has 27 heavy (non-hydrogen) atoms. The minimum absolute atomic E-state index is 0.108. The molecule has 0 bridgehead atoms. The van der Waals surface area contributed by atoms with E-state index in [0.717, 1.165) is 5.56 Å². The summed E-state index contributed by atoms with van der Waals surface area (Å²) in [6, 6.07) is 11.5. The third-order valence-corrected chi connectivity index (χ3v) is 4.13. The van der Waals surface area contributed by atoms with E-state index in [-0.39, 0.29) is 27.3 Å². The van der Waals surface area contributed by atoms with Crippen LogP contribution >= 0.6 is 23.2 Å². The molecule has 1 heterocycles. The van der Waals surface area contributed by atoms with E-state index in [1.807, 2.05) is 0 Å². The molecule has 3 aromatic rings. The van der Waals surface area contributed by atoms with Crippen molar-refractivity contribution in [2.75, 3.05) is 12.5 Å². The van der Waals surface area contributed by atoms with E-state index in [1.54, 1.807) is 31.4 Å². The maximum atomic E-state index is 11.9. The number of benzene rings is 2. The number of aromatic amines is 1. The number of halogens is 2. The molecule has 2 aromatic carbocycles. The Morgan fingerprint density at radius 1 is 1.19 bits per heavy atom. The van der Waals surface area contributed by atoms with Crippen molar-refractivity contribution in [3.05, 3.63) is 68.4 Å². The average molecular weight is 405 g/mol. The number of hydrazone groups is 1. The number of ether oxygens (including phenoxy) is 1. The van der Waals surface area contributed by atoms with Crippen molar-refractivity contribution in [2.45, 2.75) is 0 Å². The van der Waals surface area contributed by atoms with E-state index < -0.39 is 0 Å². The highest BCUT2D eigenvalue weighted by Crippen LogP contribution is 2.32. The smallest absolute Gasteiger partial charge is 0.252 e. The van der Waals surface area contributed by atoms with Crippen LogP contribution in [-0.4, -0.2) is 28.4 Å². The molecule has 9 heteroatoms. The Hall–Kier alpha value is -3.03. The molecule has 0 aliphatic heterocycles. The van der Waals surface area contributed by atoms with Gasteiger partial charge in [-0.2, -0.15) is 5.10 Å². The second-order valence-corrected chi connectivity index (χ2v) is 6.23. The molecule has 0 atom stereocenters. The van der Waals surface area contributed by atoms with Gasteiger partial charge in [0.15, 0.2) is 5.75 Å². The van der Waals surface area contributed by atoms with Crippen molar-refractivity contribution in [2.24, 2.45) is 5.10 Å². The van der Waals surface area contributed by atoms with Crippen LogP contribution in [0.1, 0.15) is 5.56 Å². The number of phenols is 1. The number of aromatic nitrogens is 2. The molecule has 0 radical (unpaired) electrons. The lowest BCUT2D eigenvalue weighted by Crippen LogP contribution is -2.10. The first kappa shape index (κ1) is 18.8. The maximum absolute atomic E-state index is 11.9. The fourth-order valence-corrected chi connectivity index (χ4v) is 2.75. The third-order valence-electron chi connectivity index (χ3n) is 3.55. The topological polar surface area (TPSA) is 99.6 Å². The SMILES string of the molecule is COc1ccc(-c2cc(=O)[nH]c(N/N=C\c3cc(Cl)c(O)c(Cl)c3)n2)cc1. The lowest BCUT2D eigenvalue weighted by atomic mass is 10.1. The zero-order chi connectivity index (χ0) is 19.4. The summed E-state index contributed by atoms with van der Waals surface area (Å²) in [6.07, 6.45) is 1.43. The van der Waals surface area contributed by atoms with Crippen LogP contribution in [0, 0.1) is 0 Å². The number of nitrogens with one attached hydrogen (secondary N) is 2. The maximum Gasteiger partial charge on any atom is 0.252 e. The van der Waals surface area contributed by atoms with Crippen molar-refractivity contribution in [3.8, 4) is 22.8 Å². The molecule has 0 spiro atoms. The summed E-state index contributed by atoms with van der Waals surface area (Å²) in [6.45, 7) is 0. The van der Waals surface area contributed by atoms with Gasteiger partial charge in [0.2, 0.25) is 5.95 Å². The molecule has 0 aliphatic rings. The molecule has 0 fully saturated rings. The average Bonchev–Trinajstić information content (AvgIpc) is 2.65. The summed E-state index contributed by atoms with van der Waals surface area (Å²) in [5.74, 6) is 0.680. The van der Waals surface area contributed by atoms with Gasteiger partial charge in [-0.05, 0) is 42.0 Å². The summed E-state index contributed by atoms with van der Waals surface area (Å²) in [7, 11) is 1.58. The van der Waals surface area contributed by atoms with Crippen LogP contribution in [-0.2, 0) is 0 Å². The van der Waals surface area contributed by atoms with Crippen LogP contribution in [0.4, 0.5) is 5.95 Å². The molecule has 0 aliphatic carbocycles. The number of H-pyrrole nitrogens is 1. The molecule has 138 valence electrons. The molecule has 7 nitrogen and oxygen atoms in total.